The van der Waals surface area contributed by atoms with E-state index in [-0.39, 0.29) is 12.4 Å². The first-order chi connectivity index (χ1) is 11.7. The molecule has 1 nitrogen and oxygen atoms in total. The molecule has 0 saturated carbocycles. The summed E-state index contributed by atoms with van der Waals surface area (Å²) in [4.78, 5) is 2.57. The smallest absolute Gasteiger partial charge is 0.0431 e. The van der Waals surface area contributed by atoms with Crippen LogP contribution in [0.15, 0.2) is 54.6 Å². The van der Waals surface area contributed by atoms with Crippen LogP contribution in [0.2, 0.25) is 5.02 Å². The Morgan fingerprint density at radius 3 is 2.44 bits per heavy atom. The zero-order valence-electron chi connectivity index (χ0n) is 14.4. The third-order valence-corrected chi connectivity index (χ3v) is 5.98. The van der Waals surface area contributed by atoms with Crippen LogP contribution in [0.25, 0.3) is 0 Å². The Balaban J connectivity index is 0.00000182. The molecule has 2 fully saturated rings. The fourth-order valence-corrected chi connectivity index (χ4v) is 4.53. The molecule has 2 aromatic carbocycles. The third kappa shape index (κ3) is 3.72. The third-order valence-electron chi connectivity index (χ3n) is 5.72. The van der Waals surface area contributed by atoms with Crippen LogP contribution in [0.3, 0.4) is 0 Å². The summed E-state index contributed by atoms with van der Waals surface area (Å²) in [5, 5.41) is 0.807. The highest BCUT2D eigenvalue weighted by Gasteiger charge is 2.45. The molecule has 0 amide bonds. The van der Waals surface area contributed by atoms with Gasteiger partial charge in [-0.1, -0.05) is 53.8 Å². The van der Waals surface area contributed by atoms with Crippen LogP contribution in [0.1, 0.15) is 36.3 Å². The van der Waals surface area contributed by atoms with E-state index >= 15 is 0 Å². The van der Waals surface area contributed by atoms with Crippen molar-refractivity contribution < 1.29 is 0 Å². The van der Waals surface area contributed by atoms with Gasteiger partial charge in [-0.15, -0.1) is 12.4 Å². The topological polar surface area (TPSA) is 3.24 Å². The molecule has 3 heteroatoms. The van der Waals surface area contributed by atoms with Crippen molar-refractivity contribution in [2.24, 2.45) is 5.92 Å². The second kappa shape index (κ2) is 7.83. The summed E-state index contributed by atoms with van der Waals surface area (Å²) in [6.07, 6.45) is 3.76. The monoisotopic (exact) mass is 371 g/mol. The number of nitrogens with zero attached hydrogens (tertiary/aromatic N) is 1. The molecular formula is C22H23Cl2N. The molecule has 4 atom stereocenters. The van der Waals surface area contributed by atoms with E-state index < -0.39 is 0 Å². The molecule has 2 heterocycles. The van der Waals surface area contributed by atoms with Crippen LogP contribution in [0.5, 0.6) is 0 Å². The molecule has 4 rings (SSSR count). The SMILES string of the molecule is CN1[C@H]2CC[C@@H]1[C@@H](C#Cc1ccccc1)[C@@H](c1ccc(Cl)cc1)C2.Cl. The Morgan fingerprint density at radius 1 is 1.00 bits per heavy atom. The highest BCUT2D eigenvalue weighted by Crippen LogP contribution is 2.46. The van der Waals surface area contributed by atoms with Gasteiger partial charge in [-0.05, 0) is 56.1 Å². The number of benzene rings is 2. The molecule has 2 aliphatic heterocycles. The molecule has 2 aliphatic rings. The lowest BCUT2D eigenvalue weighted by Gasteiger charge is -2.41. The summed E-state index contributed by atoms with van der Waals surface area (Å²) in [6, 6.07) is 20.0. The number of fused-ring (bicyclic) bond motifs is 2. The Bertz CT molecular complexity index is 760. The lowest BCUT2D eigenvalue weighted by Crippen LogP contribution is -2.45. The van der Waals surface area contributed by atoms with Gasteiger partial charge in [0.25, 0.3) is 0 Å². The molecule has 0 spiro atoms. The van der Waals surface area contributed by atoms with Crippen LogP contribution >= 0.6 is 24.0 Å². The first-order valence-corrected chi connectivity index (χ1v) is 9.14. The normalized spacial score (nSPS) is 27.9. The minimum Gasteiger partial charge on any atom is -0.299 e. The van der Waals surface area contributed by atoms with E-state index in [2.05, 4.69) is 60.2 Å². The molecule has 0 radical (unpaired) electrons. The Hall–Kier alpha value is -1.46. The second-order valence-corrected chi connectivity index (χ2v) is 7.46. The van der Waals surface area contributed by atoms with E-state index in [0.29, 0.717) is 23.9 Å². The fourth-order valence-electron chi connectivity index (χ4n) is 4.40. The van der Waals surface area contributed by atoms with Gasteiger partial charge in [0, 0.05) is 34.5 Å². The molecule has 0 aliphatic carbocycles. The minimum absolute atomic E-state index is 0. The van der Waals surface area contributed by atoms with Gasteiger partial charge < -0.3 is 0 Å². The van der Waals surface area contributed by atoms with Crippen molar-refractivity contribution in [3.05, 3.63) is 70.7 Å². The van der Waals surface area contributed by atoms with E-state index in [1.165, 1.54) is 24.8 Å². The minimum atomic E-state index is 0. The van der Waals surface area contributed by atoms with E-state index in [0.717, 1.165) is 10.6 Å². The van der Waals surface area contributed by atoms with Crippen molar-refractivity contribution in [3.63, 3.8) is 0 Å². The van der Waals surface area contributed by atoms with Gasteiger partial charge in [-0.3, -0.25) is 4.90 Å². The van der Waals surface area contributed by atoms with Gasteiger partial charge in [0.05, 0.1) is 0 Å². The van der Waals surface area contributed by atoms with Crippen molar-refractivity contribution in [1.29, 1.82) is 0 Å². The second-order valence-electron chi connectivity index (χ2n) is 7.02. The van der Waals surface area contributed by atoms with Gasteiger partial charge in [0.15, 0.2) is 0 Å². The van der Waals surface area contributed by atoms with Gasteiger partial charge in [-0.25, -0.2) is 0 Å². The highest BCUT2D eigenvalue weighted by atomic mass is 35.5. The van der Waals surface area contributed by atoms with Crippen molar-refractivity contribution in [1.82, 2.24) is 4.90 Å². The van der Waals surface area contributed by atoms with E-state index in [1.54, 1.807) is 0 Å². The van der Waals surface area contributed by atoms with Crippen LogP contribution < -0.4 is 0 Å². The van der Waals surface area contributed by atoms with Crippen molar-refractivity contribution >= 4 is 24.0 Å². The molecule has 2 saturated heterocycles. The molecule has 2 aromatic rings. The molecular weight excluding hydrogens is 349 g/mol. The maximum atomic E-state index is 6.08. The summed E-state index contributed by atoms with van der Waals surface area (Å²) < 4.78 is 0. The van der Waals surface area contributed by atoms with Crippen molar-refractivity contribution in [2.75, 3.05) is 7.05 Å². The number of hydrogen-bond acceptors (Lipinski definition) is 1. The average Bonchev–Trinajstić information content (AvgIpc) is 2.86. The lowest BCUT2D eigenvalue weighted by molar-refractivity contribution is 0.128. The molecule has 0 unspecified atom stereocenters. The van der Waals surface area contributed by atoms with Gasteiger partial charge in [0.1, 0.15) is 0 Å². The van der Waals surface area contributed by atoms with Crippen LogP contribution in [-0.4, -0.2) is 24.0 Å². The van der Waals surface area contributed by atoms with Gasteiger partial charge >= 0.3 is 0 Å². The number of halogens is 2. The van der Waals surface area contributed by atoms with E-state index in [9.17, 15) is 0 Å². The Kier molecular flexibility index (Phi) is 5.74. The highest BCUT2D eigenvalue weighted by molar-refractivity contribution is 6.30. The largest absolute Gasteiger partial charge is 0.299 e. The molecule has 25 heavy (non-hydrogen) atoms. The van der Waals surface area contributed by atoms with Crippen LogP contribution in [0.4, 0.5) is 0 Å². The molecule has 2 bridgehead atoms. The first-order valence-electron chi connectivity index (χ1n) is 8.76. The molecule has 130 valence electrons. The predicted octanol–water partition coefficient (Wildman–Crippen LogP) is 5.38. The summed E-state index contributed by atoms with van der Waals surface area (Å²) >= 11 is 6.08. The summed E-state index contributed by atoms with van der Waals surface area (Å²) in [7, 11) is 2.28. The maximum Gasteiger partial charge on any atom is 0.0431 e. The van der Waals surface area contributed by atoms with Crippen molar-refractivity contribution in [2.45, 2.75) is 37.3 Å². The standard InChI is InChI=1S/C22H22ClN.ClH/c1-24-19-12-14-22(24)20(13-7-16-5-3-2-4-6-16)21(15-19)17-8-10-18(23)11-9-17;/h2-6,8-11,19-22H,12,14-15H2,1H3;1H/t19-,20-,21+,22+;/m0./s1. The summed E-state index contributed by atoms with van der Waals surface area (Å²) in [5.41, 5.74) is 2.49. The first kappa shape index (κ1) is 18.3. The number of rotatable bonds is 1. The van der Waals surface area contributed by atoms with Gasteiger partial charge in [0.2, 0.25) is 0 Å². The van der Waals surface area contributed by atoms with Gasteiger partial charge in [-0.2, -0.15) is 0 Å². The Labute approximate surface area is 161 Å². The molecule has 0 N–H and O–H groups in total. The zero-order valence-corrected chi connectivity index (χ0v) is 15.9. The molecule has 0 aromatic heterocycles. The van der Waals surface area contributed by atoms with Crippen LogP contribution in [-0.2, 0) is 0 Å². The summed E-state index contributed by atoms with van der Waals surface area (Å²) in [6.45, 7) is 0. The number of hydrogen-bond donors (Lipinski definition) is 0. The quantitative estimate of drug-likeness (QED) is 0.608. The maximum absolute atomic E-state index is 6.08. The fraction of sp³-hybridized carbons (Fsp3) is 0.364. The van der Waals surface area contributed by atoms with Crippen molar-refractivity contribution in [3.8, 4) is 11.8 Å². The summed E-state index contributed by atoms with van der Waals surface area (Å²) in [5.74, 6) is 7.95. The Morgan fingerprint density at radius 2 is 1.72 bits per heavy atom. The van der Waals surface area contributed by atoms with E-state index in [1.807, 2.05) is 18.2 Å². The number of piperidine rings is 1. The predicted molar refractivity (Wildman–Crippen MR) is 107 cm³/mol. The lowest BCUT2D eigenvalue weighted by atomic mass is 9.76. The van der Waals surface area contributed by atoms with Crippen LogP contribution in [0, 0.1) is 17.8 Å². The zero-order chi connectivity index (χ0) is 16.5. The average molecular weight is 372 g/mol. The van der Waals surface area contributed by atoms with E-state index in [4.69, 9.17) is 11.6 Å².